The van der Waals surface area contributed by atoms with Crippen molar-refractivity contribution in [1.29, 1.82) is 0 Å². The minimum Gasteiger partial charge on any atom is -0.496 e. The molecule has 0 spiro atoms. The van der Waals surface area contributed by atoms with Crippen LogP contribution in [0.1, 0.15) is 29.7 Å². The van der Waals surface area contributed by atoms with Crippen LogP contribution in [0.15, 0.2) is 59.4 Å². The number of aromatic amines is 1. The summed E-state index contributed by atoms with van der Waals surface area (Å²) in [5, 5.41) is 6.28. The molecule has 6 heteroatoms. The second-order valence-corrected chi connectivity index (χ2v) is 7.35. The van der Waals surface area contributed by atoms with E-state index in [0.717, 1.165) is 34.7 Å². The smallest absolute Gasteiger partial charge is 0.274 e. The number of hydrogen-bond acceptors (Lipinski definition) is 3. The predicted octanol–water partition coefficient (Wildman–Crippen LogP) is 2.99. The van der Waals surface area contributed by atoms with Crippen LogP contribution < -0.4 is 15.6 Å². The standard InChI is InChI=1S/C23H25N3O3/c1-29-21-10-6-5-7-17(21)15-24-22(27)16-11-13-19-20(14-12-16)25-26(23(19)28)18-8-3-2-4-9-18/h2-10,16,25H,11-15H2,1H3,(H,24,27). The van der Waals surface area contributed by atoms with Crippen LogP contribution in [0.3, 0.4) is 0 Å². The number of aromatic nitrogens is 2. The highest BCUT2D eigenvalue weighted by molar-refractivity contribution is 5.78. The Labute approximate surface area is 169 Å². The second kappa shape index (κ2) is 8.39. The van der Waals surface area contributed by atoms with E-state index in [0.29, 0.717) is 25.8 Å². The molecule has 0 bridgehead atoms. The SMILES string of the molecule is COc1ccccc1CNC(=O)C1CCc2[nH]n(-c3ccccc3)c(=O)c2CC1. The van der Waals surface area contributed by atoms with E-state index in [2.05, 4.69) is 10.4 Å². The number of hydrogen-bond donors (Lipinski definition) is 2. The molecule has 2 N–H and O–H groups in total. The van der Waals surface area contributed by atoms with Gasteiger partial charge in [0.05, 0.1) is 12.8 Å². The summed E-state index contributed by atoms with van der Waals surface area (Å²) in [6.45, 7) is 0.436. The molecule has 0 saturated heterocycles. The lowest BCUT2D eigenvalue weighted by molar-refractivity contribution is -0.125. The molecule has 4 rings (SSSR count). The third-order valence-electron chi connectivity index (χ3n) is 5.59. The van der Waals surface area contributed by atoms with Crippen LogP contribution in [-0.2, 0) is 24.2 Å². The minimum atomic E-state index is -0.102. The molecule has 1 amide bonds. The average molecular weight is 391 g/mol. The van der Waals surface area contributed by atoms with Gasteiger partial charge >= 0.3 is 0 Å². The summed E-state index contributed by atoms with van der Waals surface area (Å²) in [5.74, 6) is 0.699. The molecule has 1 atom stereocenters. The summed E-state index contributed by atoms with van der Waals surface area (Å²) in [6, 6.07) is 17.2. The third-order valence-corrected chi connectivity index (χ3v) is 5.59. The fourth-order valence-electron chi connectivity index (χ4n) is 3.96. The van der Waals surface area contributed by atoms with Crippen molar-refractivity contribution < 1.29 is 9.53 Å². The summed E-state index contributed by atoms with van der Waals surface area (Å²) in [6.07, 6.45) is 2.69. The Morgan fingerprint density at radius 2 is 1.83 bits per heavy atom. The van der Waals surface area contributed by atoms with E-state index < -0.39 is 0 Å². The summed E-state index contributed by atoms with van der Waals surface area (Å²) in [7, 11) is 1.63. The van der Waals surface area contributed by atoms with Gasteiger partial charge in [0.25, 0.3) is 5.56 Å². The zero-order valence-electron chi connectivity index (χ0n) is 16.5. The average Bonchev–Trinajstić information content (AvgIpc) is 2.94. The first kappa shape index (κ1) is 19.1. The molecule has 0 fully saturated rings. The van der Waals surface area contributed by atoms with E-state index in [-0.39, 0.29) is 17.4 Å². The number of carbonyl (C=O) groups excluding carboxylic acids is 1. The van der Waals surface area contributed by atoms with Gasteiger partial charge in [-0.1, -0.05) is 36.4 Å². The van der Waals surface area contributed by atoms with Crippen molar-refractivity contribution in [2.24, 2.45) is 5.92 Å². The molecule has 6 nitrogen and oxygen atoms in total. The lowest BCUT2D eigenvalue weighted by Gasteiger charge is -2.15. The van der Waals surface area contributed by atoms with Gasteiger partial charge in [-0.05, 0) is 43.9 Å². The van der Waals surface area contributed by atoms with E-state index in [1.165, 1.54) is 0 Å². The number of carbonyl (C=O) groups is 1. The third kappa shape index (κ3) is 3.97. The lowest BCUT2D eigenvalue weighted by Crippen LogP contribution is -2.31. The molecule has 0 saturated carbocycles. The van der Waals surface area contributed by atoms with Crippen LogP contribution in [0.25, 0.3) is 5.69 Å². The van der Waals surface area contributed by atoms with Crippen molar-refractivity contribution in [3.63, 3.8) is 0 Å². The molecule has 2 aromatic carbocycles. The maximum Gasteiger partial charge on any atom is 0.274 e. The second-order valence-electron chi connectivity index (χ2n) is 7.35. The number of benzene rings is 2. The van der Waals surface area contributed by atoms with E-state index >= 15 is 0 Å². The Hall–Kier alpha value is -3.28. The number of H-pyrrole nitrogens is 1. The number of methoxy groups -OCH3 is 1. The predicted molar refractivity (Wildman–Crippen MR) is 111 cm³/mol. The number of amides is 1. The maximum atomic E-state index is 12.8. The molecule has 0 aliphatic heterocycles. The highest BCUT2D eigenvalue weighted by atomic mass is 16.5. The molecule has 150 valence electrons. The Balaban J connectivity index is 1.42. The zero-order chi connectivity index (χ0) is 20.2. The van der Waals surface area contributed by atoms with Gasteiger partial charge in [-0.25, -0.2) is 4.68 Å². The van der Waals surface area contributed by atoms with E-state index in [1.807, 2.05) is 54.6 Å². The number of fused-ring (bicyclic) bond motifs is 1. The Bertz CT molecular complexity index is 1050. The Kier molecular flexibility index (Phi) is 5.51. The highest BCUT2D eigenvalue weighted by Gasteiger charge is 2.26. The number of aryl methyl sites for hydroxylation is 1. The first-order chi connectivity index (χ1) is 14.2. The van der Waals surface area contributed by atoms with Gasteiger partial charge in [0.15, 0.2) is 0 Å². The quantitative estimate of drug-likeness (QED) is 0.657. The van der Waals surface area contributed by atoms with Gasteiger partial charge in [-0.15, -0.1) is 0 Å². The van der Waals surface area contributed by atoms with Gasteiger partial charge in [-0.3, -0.25) is 14.7 Å². The first-order valence-corrected chi connectivity index (χ1v) is 9.95. The van der Waals surface area contributed by atoms with Crippen molar-refractivity contribution in [3.05, 3.63) is 81.8 Å². The largest absolute Gasteiger partial charge is 0.496 e. The molecule has 1 unspecified atom stereocenters. The highest BCUT2D eigenvalue weighted by Crippen LogP contribution is 2.23. The Morgan fingerprint density at radius 1 is 1.10 bits per heavy atom. The van der Waals surface area contributed by atoms with Gasteiger partial charge in [0.2, 0.25) is 5.91 Å². The van der Waals surface area contributed by atoms with E-state index in [1.54, 1.807) is 11.8 Å². The number of ether oxygens (including phenoxy) is 1. The van der Waals surface area contributed by atoms with Crippen LogP contribution in [0, 0.1) is 5.92 Å². The van der Waals surface area contributed by atoms with Gasteiger partial charge in [0, 0.05) is 29.3 Å². The lowest BCUT2D eigenvalue weighted by atomic mass is 9.98. The van der Waals surface area contributed by atoms with Crippen molar-refractivity contribution in [1.82, 2.24) is 15.1 Å². The van der Waals surface area contributed by atoms with Gasteiger partial charge < -0.3 is 10.1 Å². The topological polar surface area (TPSA) is 76.1 Å². The molecule has 0 radical (unpaired) electrons. The summed E-state index contributed by atoms with van der Waals surface area (Å²) >= 11 is 0. The Morgan fingerprint density at radius 3 is 2.62 bits per heavy atom. The number of rotatable bonds is 5. The summed E-state index contributed by atoms with van der Waals surface area (Å²) < 4.78 is 6.95. The van der Waals surface area contributed by atoms with E-state index in [4.69, 9.17) is 4.74 Å². The van der Waals surface area contributed by atoms with Crippen molar-refractivity contribution in [3.8, 4) is 11.4 Å². The molecule has 1 aliphatic rings. The monoisotopic (exact) mass is 391 g/mol. The zero-order valence-corrected chi connectivity index (χ0v) is 16.5. The van der Waals surface area contributed by atoms with Crippen LogP contribution in [-0.4, -0.2) is 22.8 Å². The van der Waals surface area contributed by atoms with Crippen molar-refractivity contribution in [2.75, 3.05) is 7.11 Å². The molecular formula is C23H25N3O3. The fraction of sp³-hybridized carbons (Fsp3) is 0.304. The van der Waals surface area contributed by atoms with Crippen LogP contribution >= 0.6 is 0 Å². The van der Waals surface area contributed by atoms with Crippen LogP contribution in [0.2, 0.25) is 0 Å². The summed E-state index contributed by atoms with van der Waals surface area (Å²) in [5.41, 5.74) is 3.51. The number of para-hydroxylation sites is 2. The normalized spacial score (nSPS) is 16.0. The number of nitrogens with zero attached hydrogens (tertiary/aromatic N) is 1. The van der Waals surface area contributed by atoms with Crippen LogP contribution in [0.5, 0.6) is 5.75 Å². The van der Waals surface area contributed by atoms with Crippen molar-refractivity contribution >= 4 is 5.91 Å². The number of nitrogens with one attached hydrogen (secondary N) is 2. The molecule has 1 aliphatic carbocycles. The van der Waals surface area contributed by atoms with Crippen molar-refractivity contribution in [2.45, 2.75) is 32.2 Å². The fourth-order valence-corrected chi connectivity index (χ4v) is 3.96. The molecule has 1 heterocycles. The molecular weight excluding hydrogens is 366 g/mol. The van der Waals surface area contributed by atoms with E-state index in [9.17, 15) is 9.59 Å². The molecule has 29 heavy (non-hydrogen) atoms. The summed E-state index contributed by atoms with van der Waals surface area (Å²) in [4.78, 5) is 25.6. The first-order valence-electron chi connectivity index (χ1n) is 9.95. The maximum absolute atomic E-state index is 12.8. The molecule has 1 aromatic heterocycles. The van der Waals surface area contributed by atoms with Crippen LogP contribution in [0.4, 0.5) is 0 Å². The van der Waals surface area contributed by atoms with Gasteiger partial charge in [0.1, 0.15) is 5.75 Å². The van der Waals surface area contributed by atoms with Gasteiger partial charge in [-0.2, -0.15) is 0 Å². The molecule has 3 aromatic rings. The minimum absolute atomic E-state index is 0.0127.